The molecule has 0 bridgehead atoms. The van der Waals surface area contributed by atoms with E-state index in [1.807, 2.05) is 0 Å². The molecule has 0 aliphatic carbocycles. The van der Waals surface area contributed by atoms with Crippen LogP contribution in [-0.2, 0) is 10.0 Å². The summed E-state index contributed by atoms with van der Waals surface area (Å²) in [7, 11) is -4.13. The molecule has 3 nitrogen and oxygen atoms in total. The molecule has 0 aliphatic rings. The second kappa shape index (κ2) is 5.73. The number of anilines is 1. The Labute approximate surface area is 130 Å². The highest BCUT2D eigenvalue weighted by Crippen LogP contribution is 2.28. The summed E-state index contributed by atoms with van der Waals surface area (Å²) >= 11 is 3.31. The van der Waals surface area contributed by atoms with Crippen molar-refractivity contribution < 1.29 is 17.2 Å². The van der Waals surface area contributed by atoms with E-state index in [1.54, 1.807) is 26.0 Å². The molecule has 0 unspecified atom stereocenters. The van der Waals surface area contributed by atoms with Crippen LogP contribution in [0.2, 0.25) is 0 Å². The molecule has 2 rings (SSSR count). The molecule has 7 heteroatoms. The maximum absolute atomic E-state index is 13.6. The number of halogens is 3. The lowest BCUT2D eigenvalue weighted by atomic mass is 10.1. The van der Waals surface area contributed by atoms with E-state index in [9.17, 15) is 17.2 Å². The van der Waals surface area contributed by atoms with Gasteiger partial charge in [-0.2, -0.15) is 0 Å². The van der Waals surface area contributed by atoms with Crippen LogP contribution in [0.25, 0.3) is 0 Å². The Morgan fingerprint density at radius 1 is 1.05 bits per heavy atom. The monoisotopic (exact) mass is 375 g/mol. The summed E-state index contributed by atoms with van der Waals surface area (Å²) in [6, 6.07) is 5.82. The standard InChI is InChI=1S/C14H12BrF2NO2S/c1-8-5-10(15)6-9(2)14(8)18-21(19,20)13-4-3-11(16)7-12(13)17/h3-7,18H,1-2H3. The minimum atomic E-state index is -4.13. The zero-order valence-electron chi connectivity index (χ0n) is 11.2. The maximum atomic E-state index is 13.6. The van der Waals surface area contributed by atoms with Crippen LogP contribution in [0.3, 0.4) is 0 Å². The van der Waals surface area contributed by atoms with E-state index in [1.165, 1.54) is 0 Å². The van der Waals surface area contributed by atoms with E-state index < -0.39 is 26.6 Å². The number of nitrogens with one attached hydrogen (secondary N) is 1. The van der Waals surface area contributed by atoms with Crippen LogP contribution in [0.5, 0.6) is 0 Å². The van der Waals surface area contributed by atoms with Gasteiger partial charge in [0, 0.05) is 10.5 Å². The van der Waals surface area contributed by atoms with Crippen molar-refractivity contribution in [3.8, 4) is 0 Å². The number of hydrogen-bond acceptors (Lipinski definition) is 2. The molecule has 21 heavy (non-hydrogen) atoms. The Morgan fingerprint density at radius 3 is 2.14 bits per heavy atom. The lowest BCUT2D eigenvalue weighted by molar-refractivity contribution is 0.551. The van der Waals surface area contributed by atoms with Gasteiger partial charge in [-0.1, -0.05) is 15.9 Å². The van der Waals surface area contributed by atoms with Crippen LogP contribution in [0.4, 0.5) is 14.5 Å². The fourth-order valence-corrected chi connectivity index (χ4v) is 3.90. The van der Waals surface area contributed by atoms with Gasteiger partial charge in [-0.25, -0.2) is 17.2 Å². The lowest BCUT2D eigenvalue weighted by Gasteiger charge is -2.14. The third-order valence-corrected chi connectivity index (χ3v) is 4.76. The van der Waals surface area contributed by atoms with E-state index in [2.05, 4.69) is 20.7 Å². The van der Waals surface area contributed by atoms with Crippen molar-refractivity contribution in [2.24, 2.45) is 0 Å². The van der Waals surface area contributed by atoms with Gasteiger partial charge in [0.05, 0.1) is 5.69 Å². The summed E-state index contributed by atoms with van der Waals surface area (Å²) in [6.45, 7) is 3.47. The van der Waals surface area contributed by atoms with Gasteiger partial charge >= 0.3 is 0 Å². The molecule has 112 valence electrons. The molecule has 0 heterocycles. The van der Waals surface area contributed by atoms with E-state index >= 15 is 0 Å². The third kappa shape index (κ3) is 3.41. The van der Waals surface area contributed by atoms with Gasteiger partial charge in [0.2, 0.25) is 0 Å². The van der Waals surface area contributed by atoms with Crippen molar-refractivity contribution in [1.82, 2.24) is 0 Å². The average molecular weight is 376 g/mol. The summed E-state index contributed by atoms with van der Waals surface area (Å²) in [6.07, 6.45) is 0. The molecular weight excluding hydrogens is 364 g/mol. The number of rotatable bonds is 3. The Balaban J connectivity index is 2.47. The summed E-state index contributed by atoms with van der Waals surface area (Å²) in [5.41, 5.74) is 1.75. The van der Waals surface area contributed by atoms with Crippen molar-refractivity contribution in [3.63, 3.8) is 0 Å². The van der Waals surface area contributed by atoms with Crippen LogP contribution in [0.1, 0.15) is 11.1 Å². The molecular formula is C14H12BrF2NO2S. The summed E-state index contributed by atoms with van der Waals surface area (Å²) in [4.78, 5) is -0.592. The first-order valence-corrected chi connectivity index (χ1v) is 8.23. The Hall–Kier alpha value is -1.47. The summed E-state index contributed by atoms with van der Waals surface area (Å²) in [5, 5.41) is 0. The molecule has 0 fully saturated rings. The van der Waals surface area contributed by atoms with Crippen LogP contribution < -0.4 is 4.72 Å². The minimum Gasteiger partial charge on any atom is -0.279 e. The maximum Gasteiger partial charge on any atom is 0.264 e. The van der Waals surface area contributed by atoms with Crippen molar-refractivity contribution in [2.45, 2.75) is 18.7 Å². The van der Waals surface area contributed by atoms with Crippen LogP contribution >= 0.6 is 15.9 Å². The van der Waals surface area contributed by atoms with Gasteiger partial charge in [-0.05, 0) is 49.2 Å². The topological polar surface area (TPSA) is 46.2 Å². The summed E-state index contributed by atoms with van der Waals surface area (Å²) in [5.74, 6) is -1.96. The number of benzene rings is 2. The van der Waals surface area contributed by atoms with Gasteiger partial charge in [0.15, 0.2) is 0 Å². The predicted octanol–water partition coefficient (Wildman–Crippen LogP) is 4.14. The molecule has 0 aromatic heterocycles. The molecule has 0 saturated heterocycles. The SMILES string of the molecule is Cc1cc(Br)cc(C)c1NS(=O)(=O)c1ccc(F)cc1F. The second-order valence-corrected chi connectivity index (χ2v) is 7.16. The Morgan fingerprint density at radius 2 is 1.62 bits per heavy atom. The zero-order valence-corrected chi connectivity index (χ0v) is 13.6. The molecule has 0 amide bonds. The van der Waals surface area contributed by atoms with Gasteiger partial charge < -0.3 is 0 Å². The molecule has 0 saturated carbocycles. The third-order valence-electron chi connectivity index (χ3n) is 2.92. The first-order chi connectivity index (χ1) is 9.70. The molecule has 1 N–H and O–H groups in total. The fraction of sp³-hybridized carbons (Fsp3) is 0.143. The van der Waals surface area contributed by atoms with Crippen LogP contribution in [0, 0.1) is 25.5 Å². The van der Waals surface area contributed by atoms with Gasteiger partial charge in [-0.15, -0.1) is 0 Å². The highest BCUT2D eigenvalue weighted by Gasteiger charge is 2.21. The largest absolute Gasteiger partial charge is 0.279 e. The molecule has 2 aromatic rings. The van der Waals surface area contributed by atoms with E-state index in [0.717, 1.165) is 16.6 Å². The van der Waals surface area contributed by atoms with Crippen molar-refractivity contribution >= 4 is 31.6 Å². The van der Waals surface area contributed by atoms with Gasteiger partial charge in [0.1, 0.15) is 16.5 Å². The zero-order chi connectivity index (χ0) is 15.8. The van der Waals surface area contributed by atoms with E-state index in [0.29, 0.717) is 22.9 Å². The quantitative estimate of drug-likeness (QED) is 0.875. The van der Waals surface area contributed by atoms with Gasteiger partial charge in [-0.3, -0.25) is 4.72 Å². The molecule has 0 spiro atoms. The fourth-order valence-electron chi connectivity index (χ4n) is 1.95. The summed E-state index contributed by atoms with van der Waals surface area (Å²) < 4.78 is 54.2. The molecule has 0 radical (unpaired) electrons. The number of aryl methyl sites for hydroxylation is 2. The average Bonchev–Trinajstić information content (AvgIpc) is 2.33. The first-order valence-electron chi connectivity index (χ1n) is 5.95. The molecule has 0 atom stereocenters. The van der Waals surface area contributed by atoms with E-state index in [4.69, 9.17) is 0 Å². The van der Waals surface area contributed by atoms with Crippen molar-refractivity contribution in [2.75, 3.05) is 4.72 Å². The molecule has 0 aliphatic heterocycles. The second-order valence-electron chi connectivity index (χ2n) is 4.59. The van der Waals surface area contributed by atoms with Gasteiger partial charge in [0.25, 0.3) is 10.0 Å². The van der Waals surface area contributed by atoms with Crippen LogP contribution in [-0.4, -0.2) is 8.42 Å². The number of hydrogen-bond donors (Lipinski definition) is 1. The highest BCUT2D eigenvalue weighted by molar-refractivity contribution is 9.10. The molecule has 2 aromatic carbocycles. The van der Waals surface area contributed by atoms with Crippen LogP contribution in [0.15, 0.2) is 39.7 Å². The minimum absolute atomic E-state index is 0.377. The Kier molecular flexibility index (Phi) is 4.34. The smallest absolute Gasteiger partial charge is 0.264 e. The first kappa shape index (κ1) is 15.9. The Bertz CT molecular complexity index is 784. The van der Waals surface area contributed by atoms with E-state index in [-0.39, 0.29) is 0 Å². The van der Waals surface area contributed by atoms with Crippen molar-refractivity contribution in [1.29, 1.82) is 0 Å². The van der Waals surface area contributed by atoms with Crippen molar-refractivity contribution in [3.05, 3.63) is 57.6 Å². The predicted molar refractivity (Wildman–Crippen MR) is 80.8 cm³/mol. The lowest BCUT2D eigenvalue weighted by Crippen LogP contribution is -2.16. The normalized spacial score (nSPS) is 11.5. The highest BCUT2D eigenvalue weighted by atomic mass is 79.9. The number of sulfonamides is 1.